The van der Waals surface area contributed by atoms with Gasteiger partial charge in [0.1, 0.15) is 12.4 Å². The van der Waals surface area contributed by atoms with E-state index in [9.17, 15) is 0 Å². The number of halogens is 2. The van der Waals surface area contributed by atoms with Crippen molar-refractivity contribution in [1.82, 2.24) is 0 Å². The van der Waals surface area contributed by atoms with Gasteiger partial charge in [0.15, 0.2) is 0 Å². The van der Waals surface area contributed by atoms with E-state index in [4.69, 9.17) is 16.3 Å². The van der Waals surface area contributed by atoms with E-state index >= 15 is 0 Å². The van der Waals surface area contributed by atoms with Crippen molar-refractivity contribution in [3.05, 3.63) is 50.1 Å². The van der Waals surface area contributed by atoms with Gasteiger partial charge in [-0.05, 0) is 46.3 Å². The molecule has 0 aliphatic rings. The summed E-state index contributed by atoms with van der Waals surface area (Å²) in [6, 6.07) is 9.43. The zero-order valence-electron chi connectivity index (χ0n) is 7.74. The molecule has 0 saturated carbocycles. The Hall–Kier alpha value is -0.510. The van der Waals surface area contributed by atoms with Crippen molar-refractivity contribution in [2.24, 2.45) is 0 Å². The molecule has 2 aromatic rings. The second-order valence-electron chi connectivity index (χ2n) is 2.97. The van der Waals surface area contributed by atoms with Crippen LogP contribution in [0.15, 0.2) is 40.2 Å². The van der Waals surface area contributed by atoms with Gasteiger partial charge < -0.3 is 4.74 Å². The van der Waals surface area contributed by atoms with Crippen LogP contribution in [0.2, 0.25) is 5.02 Å². The van der Waals surface area contributed by atoms with E-state index < -0.39 is 0 Å². The van der Waals surface area contributed by atoms with Gasteiger partial charge >= 0.3 is 0 Å². The van der Waals surface area contributed by atoms with Gasteiger partial charge in [-0.2, -0.15) is 0 Å². The Morgan fingerprint density at radius 2 is 2.00 bits per heavy atom. The fraction of sp³-hybridized carbons (Fsp3) is 0.0909. The molecule has 0 bridgehead atoms. The van der Waals surface area contributed by atoms with Crippen LogP contribution < -0.4 is 4.74 Å². The van der Waals surface area contributed by atoms with E-state index in [-0.39, 0.29) is 0 Å². The summed E-state index contributed by atoms with van der Waals surface area (Å²) in [5.74, 6) is 0.837. The molecule has 1 heterocycles. The topological polar surface area (TPSA) is 9.23 Å². The quantitative estimate of drug-likeness (QED) is 0.795. The van der Waals surface area contributed by atoms with Gasteiger partial charge in [-0.15, -0.1) is 11.3 Å². The predicted octanol–water partition coefficient (Wildman–Crippen LogP) is 4.74. The lowest BCUT2D eigenvalue weighted by atomic mass is 10.3. The van der Waals surface area contributed by atoms with Gasteiger partial charge in [-0.3, -0.25) is 0 Å². The number of hydrogen-bond donors (Lipinski definition) is 0. The second kappa shape index (κ2) is 5.01. The molecule has 0 atom stereocenters. The SMILES string of the molecule is Clc1ccc(OCc2cc(Br)cs2)cc1. The summed E-state index contributed by atoms with van der Waals surface area (Å²) in [5, 5.41) is 2.77. The zero-order chi connectivity index (χ0) is 10.7. The van der Waals surface area contributed by atoms with Gasteiger partial charge in [0.05, 0.1) is 0 Å². The first-order valence-electron chi connectivity index (χ1n) is 4.35. The van der Waals surface area contributed by atoms with Crippen molar-refractivity contribution >= 4 is 38.9 Å². The fourth-order valence-corrected chi connectivity index (χ4v) is 2.60. The number of thiophene rings is 1. The van der Waals surface area contributed by atoms with Crippen molar-refractivity contribution in [2.45, 2.75) is 6.61 Å². The van der Waals surface area contributed by atoms with E-state index in [1.54, 1.807) is 11.3 Å². The second-order valence-corrected chi connectivity index (χ2v) is 5.32. The Morgan fingerprint density at radius 1 is 1.27 bits per heavy atom. The maximum atomic E-state index is 5.77. The molecule has 2 rings (SSSR count). The first kappa shape index (κ1) is 11.0. The molecule has 1 aromatic heterocycles. The Morgan fingerprint density at radius 3 is 2.60 bits per heavy atom. The Kier molecular flexibility index (Phi) is 3.67. The molecule has 0 saturated heterocycles. The number of benzene rings is 1. The highest BCUT2D eigenvalue weighted by Crippen LogP contribution is 2.22. The third-order valence-electron chi connectivity index (χ3n) is 1.82. The average Bonchev–Trinajstić information content (AvgIpc) is 2.64. The number of rotatable bonds is 3. The molecule has 0 spiro atoms. The summed E-state index contributed by atoms with van der Waals surface area (Å²) in [5.41, 5.74) is 0. The maximum Gasteiger partial charge on any atom is 0.122 e. The standard InChI is InChI=1S/C11H8BrClOS/c12-8-5-11(15-7-8)6-14-10-3-1-9(13)2-4-10/h1-5,7H,6H2. The molecule has 78 valence electrons. The smallest absolute Gasteiger partial charge is 0.122 e. The highest BCUT2D eigenvalue weighted by atomic mass is 79.9. The van der Waals surface area contributed by atoms with Gasteiger partial charge in [0.25, 0.3) is 0 Å². The third-order valence-corrected chi connectivity index (χ3v) is 3.74. The zero-order valence-corrected chi connectivity index (χ0v) is 10.9. The van der Waals surface area contributed by atoms with Crippen LogP contribution in [0.1, 0.15) is 4.88 Å². The molecule has 0 aliphatic carbocycles. The molecule has 4 heteroatoms. The molecular weight excluding hydrogens is 296 g/mol. The summed E-state index contributed by atoms with van der Waals surface area (Å²) in [6.45, 7) is 0.595. The van der Waals surface area contributed by atoms with Crippen LogP contribution >= 0.6 is 38.9 Å². The maximum absolute atomic E-state index is 5.77. The summed E-state index contributed by atoms with van der Waals surface area (Å²) in [7, 11) is 0. The van der Waals surface area contributed by atoms with Gasteiger partial charge in [-0.1, -0.05) is 11.6 Å². The Labute approximate surface area is 106 Å². The van der Waals surface area contributed by atoms with Gasteiger partial charge in [0.2, 0.25) is 0 Å². The first-order chi connectivity index (χ1) is 7.24. The number of ether oxygens (including phenoxy) is 1. The van der Waals surface area contributed by atoms with E-state index in [2.05, 4.69) is 22.0 Å². The largest absolute Gasteiger partial charge is 0.488 e. The van der Waals surface area contributed by atoms with E-state index in [0.717, 1.165) is 15.2 Å². The Bertz CT molecular complexity index is 438. The van der Waals surface area contributed by atoms with Crippen molar-refractivity contribution < 1.29 is 4.74 Å². The summed E-state index contributed by atoms with van der Waals surface area (Å²) >= 11 is 10.9. The fourth-order valence-electron chi connectivity index (χ4n) is 1.11. The lowest BCUT2D eigenvalue weighted by molar-refractivity contribution is 0.310. The normalized spacial score (nSPS) is 10.3. The van der Waals surface area contributed by atoms with Crippen molar-refractivity contribution in [3.63, 3.8) is 0 Å². The Balaban J connectivity index is 1.96. The minimum atomic E-state index is 0.595. The van der Waals surface area contributed by atoms with Crippen molar-refractivity contribution in [3.8, 4) is 5.75 Å². The molecule has 0 fully saturated rings. The summed E-state index contributed by atoms with van der Waals surface area (Å²) < 4.78 is 6.69. The van der Waals surface area contributed by atoms with Crippen molar-refractivity contribution in [2.75, 3.05) is 0 Å². The van der Waals surface area contributed by atoms with Gasteiger partial charge in [-0.25, -0.2) is 0 Å². The monoisotopic (exact) mass is 302 g/mol. The highest BCUT2D eigenvalue weighted by Gasteiger charge is 1.99. The molecule has 0 N–H and O–H groups in total. The molecule has 15 heavy (non-hydrogen) atoms. The highest BCUT2D eigenvalue weighted by molar-refractivity contribution is 9.10. The lowest BCUT2D eigenvalue weighted by Gasteiger charge is -2.03. The van der Waals surface area contributed by atoms with E-state index in [1.165, 1.54) is 4.88 Å². The molecule has 0 aliphatic heterocycles. The van der Waals surface area contributed by atoms with Gasteiger partial charge in [0, 0.05) is 19.8 Å². The predicted molar refractivity (Wildman–Crippen MR) is 67.8 cm³/mol. The third kappa shape index (κ3) is 3.23. The average molecular weight is 304 g/mol. The molecule has 0 amide bonds. The van der Waals surface area contributed by atoms with Crippen LogP contribution in [0.4, 0.5) is 0 Å². The van der Waals surface area contributed by atoms with E-state index in [0.29, 0.717) is 6.61 Å². The molecule has 1 nitrogen and oxygen atoms in total. The molecule has 1 aromatic carbocycles. The van der Waals surface area contributed by atoms with Crippen LogP contribution in [0.5, 0.6) is 5.75 Å². The van der Waals surface area contributed by atoms with E-state index in [1.807, 2.05) is 29.6 Å². The van der Waals surface area contributed by atoms with Crippen LogP contribution in [0.25, 0.3) is 0 Å². The van der Waals surface area contributed by atoms with Crippen LogP contribution in [-0.2, 0) is 6.61 Å². The van der Waals surface area contributed by atoms with Crippen LogP contribution in [0, 0.1) is 0 Å². The minimum Gasteiger partial charge on any atom is -0.488 e. The van der Waals surface area contributed by atoms with Crippen LogP contribution in [-0.4, -0.2) is 0 Å². The molecule has 0 radical (unpaired) electrons. The summed E-state index contributed by atoms with van der Waals surface area (Å²) in [4.78, 5) is 1.19. The number of hydrogen-bond acceptors (Lipinski definition) is 2. The molecule has 0 unspecified atom stereocenters. The first-order valence-corrected chi connectivity index (χ1v) is 6.40. The van der Waals surface area contributed by atoms with Crippen molar-refractivity contribution in [1.29, 1.82) is 0 Å². The van der Waals surface area contributed by atoms with Crippen LogP contribution in [0.3, 0.4) is 0 Å². The summed E-state index contributed by atoms with van der Waals surface area (Å²) in [6.07, 6.45) is 0. The minimum absolute atomic E-state index is 0.595. The molecular formula is C11H8BrClOS. The lowest BCUT2D eigenvalue weighted by Crippen LogP contribution is -1.91.